The summed E-state index contributed by atoms with van der Waals surface area (Å²) in [5, 5.41) is 4.14. The number of methoxy groups -OCH3 is 2. The Balaban J connectivity index is 1.56. The molecule has 1 N–H and O–H groups in total. The molecule has 0 spiro atoms. The summed E-state index contributed by atoms with van der Waals surface area (Å²) in [7, 11) is -1.01. The Morgan fingerprint density at radius 3 is 2.50 bits per heavy atom. The van der Waals surface area contributed by atoms with Gasteiger partial charge in [0.05, 0.1) is 30.2 Å². The van der Waals surface area contributed by atoms with Crippen LogP contribution < -0.4 is 10.1 Å². The van der Waals surface area contributed by atoms with E-state index in [4.69, 9.17) is 4.74 Å². The highest BCUT2D eigenvalue weighted by molar-refractivity contribution is 7.90. The van der Waals surface area contributed by atoms with Crippen molar-refractivity contribution in [2.24, 2.45) is 0 Å². The fourth-order valence-electron chi connectivity index (χ4n) is 5.38. The predicted molar refractivity (Wildman–Crippen MR) is 151 cm³/mol. The summed E-state index contributed by atoms with van der Waals surface area (Å²) < 4.78 is 53.9. The topological polar surface area (TPSA) is 89.9 Å². The number of hydrogen-bond acceptors (Lipinski definition) is 7. The number of nitrogens with one attached hydrogen (secondary N) is 1. The SMILES string of the molecule is COC(=O)c1ccc(C2CNCCN2Cc2c(OC)cc(C)c3c2ccn3S(=O)(=O)c2ccc(C)cc2)cc1F. The lowest BCUT2D eigenvalue weighted by Gasteiger charge is -2.37. The first-order valence-corrected chi connectivity index (χ1v) is 14.4. The molecular formula is C30H32FN3O5S. The zero-order valence-corrected chi connectivity index (χ0v) is 23.7. The Morgan fingerprint density at radius 2 is 1.82 bits per heavy atom. The molecule has 0 saturated carbocycles. The Bertz CT molecular complexity index is 1680. The summed E-state index contributed by atoms with van der Waals surface area (Å²) in [5.41, 5.74) is 3.80. The third-order valence-corrected chi connectivity index (χ3v) is 9.18. The molecule has 1 atom stereocenters. The Labute approximate surface area is 233 Å². The molecule has 1 fully saturated rings. The summed E-state index contributed by atoms with van der Waals surface area (Å²) in [5.74, 6) is -0.705. The quantitative estimate of drug-likeness (QED) is 0.328. The minimum absolute atomic E-state index is 0.111. The highest BCUT2D eigenvalue weighted by atomic mass is 32.2. The average molecular weight is 566 g/mol. The molecular weight excluding hydrogens is 533 g/mol. The van der Waals surface area contributed by atoms with Crippen molar-refractivity contribution in [3.05, 3.63) is 94.4 Å². The van der Waals surface area contributed by atoms with Crippen LogP contribution in [0.1, 0.15) is 38.7 Å². The van der Waals surface area contributed by atoms with E-state index in [2.05, 4.69) is 15.0 Å². The van der Waals surface area contributed by atoms with E-state index in [-0.39, 0.29) is 16.5 Å². The Hall–Kier alpha value is -3.73. The molecule has 0 bridgehead atoms. The number of piperazine rings is 1. The number of rotatable bonds is 7. The smallest absolute Gasteiger partial charge is 0.340 e. The van der Waals surface area contributed by atoms with Crippen LogP contribution in [-0.2, 0) is 21.3 Å². The van der Waals surface area contributed by atoms with E-state index in [0.717, 1.165) is 34.2 Å². The summed E-state index contributed by atoms with van der Waals surface area (Å²) in [6, 6.07) is 14.9. The van der Waals surface area contributed by atoms with Crippen LogP contribution in [0.25, 0.3) is 10.9 Å². The third-order valence-electron chi connectivity index (χ3n) is 7.49. The fraction of sp³-hybridized carbons (Fsp3) is 0.300. The van der Waals surface area contributed by atoms with Crippen molar-refractivity contribution in [1.82, 2.24) is 14.2 Å². The number of hydrogen-bond donors (Lipinski definition) is 1. The van der Waals surface area contributed by atoms with E-state index >= 15 is 0 Å². The molecule has 1 aliphatic rings. The molecule has 40 heavy (non-hydrogen) atoms. The van der Waals surface area contributed by atoms with Gasteiger partial charge in [-0.1, -0.05) is 23.8 Å². The van der Waals surface area contributed by atoms with Crippen molar-refractivity contribution in [1.29, 1.82) is 0 Å². The van der Waals surface area contributed by atoms with Gasteiger partial charge in [-0.3, -0.25) is 4.90 Å². The first-order chi connectivity index (χ1) is 19.1. The van der Waals surface area contributed by atoms with Gasteiger partial charge in [0.25, 0.3) is 10.0 Å². The van der Waals surface area contributed by atoms with Crippen LogP contribution in [0, 0.1) is 19.7 Å². The average Bonchev–Trinajstić information content (AvgIpc) is 3.41. The summed E-state index contributed by atoms with van der Waals surface area (Å²) >= 11 is 0. The number of benzene rings is 3. The number of ether oxygens (including phenoxy) is 2. The van der Waals surface area contributed by atoms with Gasteiger partial charge in [0.2, 0.25) is 0 Å². The molecule has 4 aromatic rings. The molecule has 0 aliphatic carbocycles. The molecule has 1 aliphatic heterocycles. The van der Waals surface area contributed by atoms with Crippen molar-refractivity contribution in [3.8, 4) is 5.75 Å². The minimum Gasteiger partial charge on any atom is -0.496 e. The number of halogens is 1. The normalized spacial score (nSPS) is 16.3. The zero-order valence-electron chi connectivity index (χ0n) is 22.9. The number of esters is 1. The van der Waals surface area contributed by atoms with Crippen LogP contribution in [0.4, 0.5) is 4.39 Å². The largest absolute Gasteiger partial charge is 0.496 e. The van der Waals surface area contributed by atoms with E-state index in [1.54, 1.807) is 43.6 Å². The molecule has 0 radical (unpaired) electrons. The minimum atomic E-state index is -3.83. The first-order valence-electron chi connectivity index (χ1n) is 13.0. The second kappa shape index (κ2) is 11.0. The van der Waals surface area contributed by atoms with E-state index in [1.807, 2.05) is 26.0 Å². The molecule has 1 unspecified atom stereocenters. The predicted octanol–water partition coefficient (Wildman–Crippen LogP) is 4.58. The van der Waals surface area contributed by atoms with Gasteiger partial charge in [-0.2, -0.15) is 0 Å². The molecule has 0 amide bonds. The molecule has 5 rings (SSSR count). The number of aromatic nitrogens is 1. The Morgan fingerprint density at radius 1 is 1.07 bits per heavy atom. The number of aryl methyl sites for hydroxylation is 2. The van der Waals surface area contributed by atoms with Crippen molar-refractivity contribution >= 4 is 26.9 Å². The van der Waals surface area contributed by atoms with Gasteiger partial charge < -0.3 is 14.8 Å². The number of nitrogens with zero attached hydrogens (tertiary/aromatic N) is 2. The van der Waals surface area contributed by atoms with Gasteiger partial charge in [-0.05, 0) is 61.4 Å². The van der Waals surface area contributed by atoms with Crippen molar-refractivity contribution in [2.75, 3.05) is 33.9 Å². The molecule has 3 aromatic carbocycles. The molecule has 8 nitrogen and oxygen atoms in total. The maximum Gasteiger partial charge on any atom is 0.340 e. The monoisotopic (exact) mass is 565 g/mol. The maximum atomic E-state index is 14.8. The molecule has 2 heterocycles. The van der Waals surface area contributed by atoms with Gasteiger partial charge in [-0.15, -0.1) is 0 Å². The summed E-state index contributed by atoms with van der Waals surface area (Å²) in [6.45, 7) is 6.22. The summed E-state index contributed by atoms with van der Waals surface area (Å²) in [6.07, 6.45) is 1.59. The highest BCUT2D eigenvalue weighted by Gasteiger charge is 2.29. The maximum absolute atomic E-state index is 14.8. The van der Waals surface area contributed by atoms with Crippen LogP contribution in [-0.4, -0.2) is 57.1 Å². The van der Waals surface area contributed by atoms with Crippen molar-refractivity contribution in [2.45, 2.75) is 31.3 Å². The van der Waals surface area contributed by atoms with Crippen LogP contribution in [0.2, 0.25) is 0 Å². The summed E-state index contributed by atoms with van der Waals surface area (Å²) in [4.78, 5) is 14.3. The first kappa shape index (κ1) is 27.8. The van der Waals surface area contributed by atoms with Crippen LogP contribution >= 0.6 is 0 Å². The van der Waals surface area contributed by atoms with E-state index in [0.29, 0.717) is 30.9 Å². The van der Waals surface area contributed by atoms with Crippen LogP contribution in [0.3, 0.4) is 0 Å². The highest BCUT2D eigenvalue weighted by Crippen LogP contribution is 2.36. The number of fused-ring (bicyclic) bond motifs is 1. The van der Waals surface area contributed by atoms with E-state index in [9.17, 15) is 17.6 Å². The number of carbonyl (C=O) groups excluding carboxylic acids is 1. The van der Waals surface area contributed by atoms with Crippen molar-refractivity contribution in [3.63, 3.8) is 0 Å². The van der Waals surface area contributed by atoms with Crippen LogP contribution in [0.5, 0.6) is 5.75 Å². The van der Waals surface area contributed by atoms with Crippen LogP contribution in [0.15, 0.2) is 65.7 Å². The second-order valence-corrected chi connectivity index (χ2v) is 11.8. The molecule has 1 aromatic heterocycles. The standard InChI is InChI=1S/C30H32FN3O5S/c1-19-5-8-22(9-6-19)40(36,37)34-13-11-23-25(28(38-3)15-20(2)29(23)34)18-33-14-12-32-17-27(33)21-7-10-24(26(31)16-21)30(35)39-4/h5-11,13,15-16,27,32H,12,14,17-18H2,1-4H3. The molecule has 210 valence electrons. The second-order valence-electron chi connectivity index (χ2n) is 9.99. The zero-order chi connectivity index (χ0) is 28.6. The number of carbonyl (C=O) groups is 1. The Kier molecular flexibility index (Phi) is 7.67. The van der Waals surface area contributed by atoms with Gasteiger partial charge in [0, 0.05) is 49.4 Å². The molecule has 10 heteroatoms. The molecule has 1 saturated heterocycles. The fourth-order valence-corrected chi connectivity index (χ4v) is 6.79. The van der Waals surface area contributed by atoms with E-state index in [1.165, 1.54) is 23.2 Å². The van der Waals surface area contributed by atoms with Crippen molar-refractivity contribution < 1.29 is 27.1 Å². The van der Waals surface area contributed by atoms with Gasteiger partial charge in [-0.25, -0.2) is 21.6 Å². The lowest BCUT2D eigenvalue weighted by molar-refractivity contribution is 0.0595. The van der Waals surface area contributed by atoms with E-state index < -0.39 is 21.8 Å². The van der Waals surface area contributed by atoms with Gasteiger partial charge in [0.1, 0.15) is 11.6 Å². The lowest BCUT2D eigenvalue weighted by Crippen LogP contribution is -2.45. The van der Waals surface area contributed by atoms with Gasteiger partial charge >= 0.3 is 5.97 Å². The third kappa shape index (κ3) is 4.98. The lowest BCUT2D eigenvalue weighted by atomic mass is 9.98. The van der Waals surface area contributed by atoms with Gasteiger partial charge in [0.15, 0.2) is 0 Å².